The first-order chi connectivity index (χ1) is 18.4. The quantitative estimate of drug-likeness (QED) is 0.262. The highest BCUT2D eigenvalue weighted by atomic mass is 35.5. The van der Waals surface area contributed by atoms with Crippen molar-refractivity contribution in [2.45, 2.75) is 46.1 Å². The molecule has 1 saturated carbocycles. The Bertz CT molecular complexity index is 1660. The number of nitrogens with zero attached hydrogens (tertiary/aromatic N) is 5. The van der Waals surface area contributed by atoms with Gasteiger partial charge in [-0.15, -0.1) is 0 Å². The maximum atomic E-state index is 11.7. The van der Waals surface area contributed by atoms with Crippen LogP contribution in [0.4, 0.5) is 11.6 Å². The fourth-order valence-corrected chi connectivity index (χ4v) is 5.41. The van der Waals surface area contributed by atoms with Gasteiger partial charge in [0.25, 0.3) is 0 Å². The number of aryl methyl sites for hydroxylation is 1. The molecule has 5 aromatic rings. The number of rotatable bonds is 6. The average molecular weight is 530 g/mol. The summed E-state index contributed by atoms with van der Waals surface area (Å²) in [7, 11) is 0. The molecule has 0 aliphatic heterocycles. The van der Waals surface area contributed by atoms with E-state index in [4.69, 9.17) is 26.1 Å². The predicted octanol–water partition coefficient (Wildman–Crippen LogP) is 6.37. The topological polar surface area (TPSA) is 115 Å². The number of hydrogen-bond donors (Lipinski definition) is 2. The van der Waals surface area contributed by atoms with E-state index in [-0.39, 0.29) is 5.82 Å². The number of para-hydroxylation sites is 1. The van der Waals surface area contributed by atoms with E-state index >= 15 is 0 Å². The van der Waals surface area contributed by atoms with Crippen LogP contribution in [-0.4, -0.2) is 29.7 Å². The van der Waals surface area contributed by atoms with Crippen LogP contribution in [0, 0.1) is 18.8 Å². The molecule has 4 aromatic heterocycles. The maximum Gasteiger partial charge on any atom is 0.439 e. The molecular formula is C28H28ClN7O2. The van der Waals surface area contributed by atoms with Gasteiger partial charge in [0.2, 0.25) is 11.8 Å². The van der Waals surface area contributed by atoms with Crippen LogP contribution in [0.5, 0.6) is 0 Å². The largest absolute Gasteiger partial charge is 0.439 e. The fraction of sp³-hybridized carbons (Fsp3) is 0.321. The summed E-state index contributed by atoms with van der Waals surface area (Å²) in [4.78, 5) is 28.6. The Morgan fingerprint density at radius 2 is 1.95 bits per heavy atom. The molecule has 1 fully saturated rings. The minimum absolute atomic E-state index is 0.234. The summed E-state index contributed by atoms with van der Waals surface area (Å²) in [6.07, 6.45) is 8.12. The van der Waals surface area contributed by atoms with Gasteiger partial charge in [0.1, 0.15) is 5.69 Å². The van der Waals surface area contributed by atoms with Crippen LogP contribution < -0.4 is 11.1 Å². The summed E-state index contributed by atoms with van der Waals surface area (Å²) in [6.45, 7) is 5.21. The molecule has 0 unspecified atom stereocenters. The number of pyridine rings is 2. The highest BCUT2D eigenvalue weighted by Gasteiger charge is 2.25. The molecule has 1 aliphatic carbocycles. The number of fused-ring (bicyclic) bond motifs is 1. The van der Waals surface area contributed by atoms with Gasteiger partial charge in [-0.3, -0.25) is 14.5 Å². The SMILES string of the molecule is Cc1ccccc1Nc1nc2cc(-c3noc(=O)[nH]3)nc(-c3cncc(Cl)c3)c2n1CC1CCC(C)CC1. The molecule has 194 valence electrons. The van der Waals surface area contributed by atoms with Gasteiger partial charge in [0.05, 0.1) is 21.7 Å². The Labute approximate surface area is 224 Å². The summed E-state index contributed by atoms with van der Waals surface area (Å²) in [5, 5.41) is 7.93. The summed E-state index contributed by atoms with van der Waals surface area (Å²) < 4.78 is 6.99. The maximum absolute atomic E-state index is 11.7. The van der Waals surface area contributed by atoms with Crippen LogP contribution in [0.15, 0.2) is 58.1 Å². The number of aromatic amines is 1. The molecule has 6 rings (SSSR count). The Kier molecular flexibility index (Phi) is 6.45. The normalized spacial score (nSPS) is 17.7. The smallest absolute Gasteiger partial charge is 0.325 e. The van der Waals surface area contributed by atoms with Gasteiger partial charge in [-0.1, -0.05) is 54.7 Å². The van der Waals surface area contributed by atoms with Crippen molar-refractivity contribution in [3.8, 4) is 22.8 Å². The van der Waals surface area contributed by atoms with E-state index in [1.54, 1.807) is 12.4 Å². The zero-order valence-corrected chi connectivity index (χ0v) is 22.0. The molecule has 10 heteroatoms. The van der Waals surface area contributed by atoms with Gasteiger partial charge < -0.3 is 9.88 Å². The van der Waals surface area contributed by atoms with E-state index in [0.29, 0.717) is 27.8 Å². The summed E-state index contributed by atoms with van der Waals surface area (Å²) in [6, 6.07) is 11.8. The molecule has 0 atom stereocenters. The Morgan fingerprint density at radius 1 is 1.13 bits per heavy atom. The summed E-state index contributed by atoms with van der Waals surface area (Å²) in [5.74, 6) is 1.61. The minimum atomic E-state index is -0.646. The lowest BCUT2D eigenvalue weighted by Crippen LogP contribution is -2.19. The molecule has 0 saturated heterocycles. The van der Waals surface area contributed by atoms with Crippen LogP contribution in [-0.2, 0) is 6.54 Å². The third-order valence-electron chi connectivity index (χ3n) is 7.35. The molecule has 9 nitrogen and oxygen atoms in total. The van der Waals surface area contributed by atoms with Crippen molar-refractivity contribution in [3.05, 3.63) is 69.9 Å². The molecule has 0 bridgehead atoms. The second-order valence-corrected chi connectivity index (χ2v) is 10.6. The van der Waals surface area contributed by atoms with Crippen molar-refractivity contribution in [1.82, 2.24) is 29.7 Å². The highest BCUT2D eigenvalue weighted by molar-refractivity contribution is 6.30. The first-order valence-corrected chi connectivity index (χ1v) is 13.2. The predicted molar refractivity (Wildman–Crippen MR) is 147 cm³/mol. The van der Waals surface area contributed by atoms with Crippen molar-refractivity contribution < 1.29 is 4.52 Å². The van der Waals surface area contributed by atoms with Gasteiger partial charge in [-0.25, -0.2) is 14.8 Å². The van der Waals surface area contributed by atoms with Crippen LogP contribution in [0.1, 0.15) is 38.2 Å². The van der Waals surface area contributed by atoms with Crippen molar-refractivity contribution >= 4 is 34.3 Å². The van der Waals surface area contributed by atoms with Gasteiger partial charge in [-0.2, -0.15) is 0 Å². The summed E-state index contributed by atoms with van der Waals surface area (Å²) >= 11 is 6.35. The minimum Gasteiger partial charge on any atom is -0.325 e. The lowest BCUT2D eigenvalue weighted by atomic mass is 9.83. The molecule has 0 amide bonds. The molecule has 1 aromatic carbocycles. The molecule has 1 aliphatic rings. The van der Waals surface area contributed by atoms with E-state index < -0.39 is 5.76 Å². The molecule has 38 heavy (non-hydrogen) atoms. The van der Waals surface area contributed by atoms with Crippen LogP contribution >= 0.6 is 11.6 Å². The van der Waals surface area contributed by atoms with Crippen LogP contribution in [0.2, 0.25) is 5.02 Å². The molecule has 2 N–H and O–H groups in total. The van der Waals surface area contributed by atoms with E-state index in [1.807, 2.05) is 30.3 Å². The van der Waals surface area contributed by atoms with Gasteiger partial charge in [-0.05, 0) is 55.4 Å². The number of nitrogens with one attached hydrogen (secondary N) is 2. The van der Waals surface area contributed by atoms with Crippen molar-refractivity contribution in [2.75, 3.05) is 5.32 Å². The zero-order valence-electron chi connectivity index (χ0n) is 21.2. The van der Waals surface area contributed by atoms with E-state index in [2.05, 4.69) is 44.9 Å². The number of imidazole rings is 1. The van der Waals surface area contributed by atoms with Crippen molar-refractivity contribution in [3.63, 3.8) is 0 Å². The lowest BCUT2D eigenvalue weighted by Gasteiger charge is -2.27. The fourth-order valence-electron chi connectivity index (χ4n) is 5.24. The molecule has 4 heterocycles. The number of benzene rings is 1. The van der Waals surface area contributed by atoms with Crippen LogP contribution in [0.25, 0.3) is 33.8 Å². The number of halogens is 1. The first kappa shape index (κ1) is 24.4. The second-order valence-electron chi connectivity index (χ2n) is 10.2. The average Bonchev–Trinajstić information content (AvgIpc) is 3.49. The Balaban J connectivity index is 1.57. The Morgan fingerprint density at radius 3 is 2.68 bits per heavy atom. The molecular weight excluding hydrogens is 502 g/mol. The second kappa shape index (κ2) is 10.1. The third kappa shape index (κ3) is 4.81. The third-order valence-corrected chi connectivity index (χ3v) is 7.56. The summed E-state index contributed by atoms with van der Waals surface area (Å²) in [5.41, 5.74) is 5.54. The Hall–Kier alpha value is -3.98. The zero-order chi connectivity index (χ0) is 26.2. The lowest BCUT2D eigenvalue weighted by molar-refractivity contribution is 0.267. The van der Waals surface area contributed by atoms with Crippen LogP contribution in [0.3, 0.4) is 0 Å². The monoisotopic (exact) mass is 529 g/mol. The number of aromatic nitrogens is 6. The van der Waals surface area contributed by atoms with E-state index in [0.717, 1.165) is 40.7 Å². The van der Waals surface area contributed by atoms with E-state index in [9.17, 15) is 4.79 Å². The van der Waals surface area contributed by atoms with Gasteiger partial charge in [0.15, 0.2) is 0 Å². The number of hydrogen-bond acceptors (Lipinski definition) is 7. The van der Waals surface area contributed by atoms with Gasteiger partial charge >= 0.3 is 5.76 Å². The molecule has 0 radical (unpaired) electrons. The molecule has 0 spiro atoms. The first-order valence-electron chi connectivity index (χ1n) is 12.9. The van der Waals surface area contributed by atoms with Crippen molar-refractivity contribution in [1.29, 1.82) is 0 Å². The van der Waals surface area contributed by atoms with E-state index in [1.165, 1.54) is 25.7 Å². The number of H-pyrrole nitrogens is 1. The number of anilines is 2. The van der Waals surface area contributed by atoms with Gasteiger partial charge in [0, 0.05) is 30.2 Å². The standard InChI is InChI=1S/C28H28ClN7O2/c1-16-7-9-18(10-8-16)15-36-25-22(33-27(36)32-21-6-4-3-5-17(21)2)12-23(26-34-28(37)38-35-26)31-24(25)19-11-20(29)14-30-13-19/h3-6,11-14,16,18H,7-10,15H2,1-2H3,(H,32,33)(H,34,35,37). The highest BCUT2D eigenvalue weighted by Crippen LogP contribution is 2.37. The van der Waals surface area contributed by atoms with Crippen molar-refractivity contribution in [2.24, 2.45) is 11.8 Å².